The number of halogens is 4. The molecule has 5 nitrogen and oxygen atoms in total. The topological polar surface area (TPSA) is 74.7 Å². The van der Waals surface area contributed by atoms with E-state index in [-0.39, 0.29) is 6.54 Å². The lowest BCUT2D eigenvalue weighted by atomic mass is 9.96. The fourth-order valence-corrected chi connectivity index (χ4v) is 4.35. The van der Waals surface area contributed by atoms with Crippen LogP contribution in [0, 0.1) is 11.7 Å². The predicted molar refractivity (Wildman–Crippen MR) is 75.1 cm³/mol. The highest BCUT2D eigenvalue weighted by molar-refractivity contribution is 7.89. The van der Waals surface area contributed by atoms with Crippen molar-refractivity contribution in [2.24, 2.45) is 5.92 Å². The van der Waals surface area contributed by atoms with Crippen LogP contribution in [0.1, 0.15) is 25.3 Å². The van der Waals surface area contributed by atoms with Crippen LogP contribution in [0.3, 0.4) is 0 Å². The third-order valence-corrected chi connectivity index (χ3v) is 6.00. The van der Waals surface area contributed by atoms with Crippen LogP contribution in [0.2, 0.25) is 0 Å². The summed E-state index contributed by atoms with van der Waals surface area (Å²) in [6.07, 6.45) is -4.34. The maximum absolute atomic E-state index is 13.6. The van der Waals surface area contributed by atoms with Gasteiger partial charge in [-0.05, 0) is 38.0 Å². The van der Waals surface area contributed by atoms with E-state index in [1.165, 1.54) is 0 Å². The third-order valence-electron chi connectivity index (χ3n) is 4.03. The number of aliphatic carboxylic acids is 1. The van der Waals surface area contributed by atoms with Crippen LogP contribution in [0.5, 0.6) is 0 Å². The Morgan fingerprint density at radius 1 is 1.29 bits per heavy atom. The Balaban J connectivity index is 2.39. The van der Waals surface area contributed by atoms with Crippen LogP contribution in [0.25, 0.3) is 0 Å². The highest BCUT2D eigenvalue weighted by atomic mass is 32.2. The second kappa shape index (κ2) is 6.32. The van der Waals surface area contributed by atoms with E-state index in [4.69, 9.17) is 5.11 Å². The Labute approximate surface area is 135 Å². The van der Waals surface area contributed by atoms with Gasteiger partial charge in [0.25, 0.3) is 0 Å². The van der Waals surface area contributed by atoms with E-state index in [9.17, 15) is 30.8 Å². The highest BCUT2D eigenvalue weighted by Gasteiger charge is 2.39. The number of carbonyl (C=O) groups is 1. The average Bonchev–Trinajstić information content (AvgIpc) is 2.45. The van der Waals surface area contributed by atoms with Gasteiger partial charge in [-0.2, -0.15) is 17.5 Å². The maximum atomic E-state index is 13.6. The van der Waals surface area contributed by atoms with Crippen LogP contribution < -0.4 is 0 Å². The van der Waals surface area contributed by atoms with Gasteiger partial charge in [0.15, 0.2) is 0 Å². The number of rotatable bonds is 3. The molecule has 10 heteroatoms. The summed E-state index contributed by atoms with van der Waals surface area (Å²) in [5.41, 5.74) is -1.56. The normalized spacial score (nSPS) is 23.2. The van der Waals surface area contributed by atoms with Crippen molar-refractivity contribution >= 4 is 16.0 Å². The third kappa shape index (κ3) is 3.54. The van der Waals surface area contributed by atoms with Crippen molar-refractivity contribution in [1.29, 1.82) is 0 Å². The summed E-state index contributed by atoms with van der Waals surface area (Å²) in [6, 6.07) is 0.829. The molecule has 2 rings (SSSR count). The van der Waals surface area contributed by atoms with E-state index in [0.29, 0.717) is 31.0 Å². The van der Waals surface area contributed by atoms with Crippen LogP contribution in [-0.2, 0) is 21.0 Å². The lowest BCUT2D eigenvalue weighted by Crippen LogP contribution is -2.47. The van der Waals surface area contributed by atoms with Crippen molar-refractivity contribution in [3.05, 3.63) is 29.6 Å². The van der Waals surface area contributed by atoms with Crippen LogP contribution >= 0.6 is 0 Å². The Morgan fingerprint density at radius 2 is 1.92 bits per heavy atom. The summed E-state index contributed by atoms with van der Waals surface area (Å²) in [6.45, 7) is 1.26. The highest BCUT2D eigenvalue weighted by Crippen LogP contribution is 2.34. The molecular formula is C14H15F4NO4S. The zero-order chi connectivity index (χ0) is 18.3. The first-order valence-corrected chi connectivity index (χ1v) is 8.50. The summed E-state index contributed by atoms with van der Waals surface area (Å²) >= 11 is 0. The molecule has 0 spiro atoms. The van der Waals surface area contributed by atoms with Gasteiger partial charge < -0.3 is 5.11 Å². The van der Waals surface area contributed by atoms with Gasteiger partial charge in [-0.25, -0.2) is 12.8 Å². The Hall–Kier alpha value is -1.68. The molecule has 1 fully saturated rings. The molecule has 24 heavy (non-hydrogen) atoms. The van der Waals surface area contributed by atoms with E-state index in [1.807, 2.05) is 0 Å². The molecule has 1 N–H and O–H groups in total. The van der Waals surface area contributed by atoms with Crippen molar-refractivity contribution in [1.82, 2.24) is 4.31 Å². The first-order chi connectivity index (χ1) is 10.9. The summed E-state index contributed by atoms with van der Waals surface area (Å²) in [5, 5.41) is 9.04. The monoisotopic (exact) mass is 369 g/mol. The first-order valence-electron chi connectivity index (χ1n) is 7.06. The largest absolute Gasteiger partial charge is 0.481 e. The number of hydrogen-bond acceptors (Lipinski definition) is 3. The zero-order valence-corrected chi connectivity index (χ0v) is 13.4. The minimum atomic E-state index is -4.93. The molecular weight excluding hydrogens is 354 g/mol. The molecule has 0 saturated carbocycles. The van der Waals surface area contributed by atoms with Gasteiger partial charge in [-0.3, -0.25) is 4.79 Å². The number of carboxylic acids is 1. The standard InChI is InChI=1S/C14H15F4NO4S/c1-8-2-3-9(13(20)21)7-19(8)24(22,23)10-4-5-11(12(15)6-10)14(16,17)18/h4-6,8-9H,2-3,7H2,1H3,(H,20,21). The minimum Gasteiger partial charge on any atom is -0.481 e. The molecule has 1 aliphatic rings. The number of alkyl halides is 3. The number of benzene rings is 1. The first kappa shape index (κ1) is 18.7. The Kier molecular flexibility index (Phi) is 4.91. The van der Waals surface area contributed by atoms with E-state index >= 15 is 0 Å². The quantitative estimate of drug-likeness (QED) is 0.832. The zero-order valence-electron chi connectivity index (χ0n) is 12.5. The van der Waals surface area contributed by atoms with Crippen molar-refractivity contribution in [2.75, 3.05) is 6.54 Å². The van der Waals surface area contributed by atoms with Gasteiger partial charge in [0.2, 0.25) is 10.0 Å². The number of nitrogens with zero attached hydrogens (tertiary/aromatic N) is 1. The summed E-state index contributed by atoms with van der Waals surface area (Å²) < 4.78 is 77.4. The molecule has 0 aromatic heterocycles. The molecule has 0 bridgehead atoms. The SMILES string of the molecule is CC1CCC(C(=O)O)CN1S(=O)(=O)c1ccc(C(F)(F)F)c(F)c1. The lowest BCUT2D eigenvalue weighted by molar-refractivity contribution is -0.143. The fourth-order valence-electron chi connectivity index (χ4n) is 2.63. The van der Waals surface area contributed by atoms with Crippen LogP contribution in [0.15, 0.2) is 23.1 Å². The number of carboxylic acid groups (broad SMARTS) is 1. The molecule has 1 aromatic rings. The van der Waals surface area contributed by atoms with Gasteiger partial charge in [-0.15, -0.1) is 0 Å². The van der Waals surface area contributed by atoms with Gasteiger partial charge in [0.1, 0.15) is 5.82 Å². The number of piperidine rings is 1. The van der Waals surface area contributed by atoms with Gasteiger partial charge in [-0.1, -0.05) is 0 Å². The van der Waals surface area contributed by atoms with Crippen molar-refractivity contribution in [3.8, 4) is 0 Å². The van der Waals surface area contributed by atoms with Crippen molar-refractivity contribution in [2.45, 2.75) is 36.9 Å². The van der Waals surface area contributed by atoms with Crippen molar-refractivity contribution in [3.63, 3.8) is 0 Å². The van der Waals surface area contributed by atoms with Crippen LogP contribution in [0.4, 0.5) is 17.6 Å². The molecule has 1 saturated heterocycles. The predicted octanol–water partition coefficient (Wildman–Crippen LogP) is 2.72. The minimum absolute atomic E-state index is 0.291. The number of sulfonamides is 1. The summed E-state index contributed by atoms with van der Waals surface area (Å²) in [5.74, 6) is -3.75. The Bertz CT molecular complexity index is 748. The van der Waals surface area contributed by atoms with Gasteiger partial charge in [0, 0.05) is 12.6 Å². The van der Waals surface area contributed by atoms with E-state index in [0.717, 1.165) is 4.31 Å². The summed E-state index contributed by atoms with van der Waals surface area (Å²) in [7, 11) is -4.30. The van der Waals surface area contributed by atoms with Crippen LogP contribution in [-0.4, -0.2) is 36.4 Å². The molecule has 0 amide bonds. The molecule has 134 valence electrons. The van der Waals surface area contributed by atoms with E-state index in [1.54, 1.807) is 6.92 Å². The molecule has 1 aliphatic heterocycles. The van der Waals surface area contributed by atoms with Crippen molar-refractivity contribution < 1.29 is 35.9 Å². The molecule has 0 aliphatic carbocycles. The number of hydrogen-bond donors (Lipinski definition) is 1. The molecule has 0 radical (unpaired) electrons. The van der Waals surface area contributed by atoms with Gasteiger partial charge >= 0.3 is 12.1 Å². The smallest absolute Gasteiger partial charge is 0.419 e. The lowest BCUT2D eigenvalue weighted by Gasteiger charge is -2.35. The molecule has 2 atom stereocenters. The molecule has 1 heterocycles. The second-order valence-corrected chi connectivity index (χ2v) is 7.57. The molecule has 1 aromatic carbocycles. The van der Waals surface area contributed by atoms with Gasteiger partial charge in [0.05, 0.1) is 16.4 Å². The average molecular weight is 369 g/mol. The molecule has 2 unspecified atom stereocenters. The maximum Gasteiger partial charge on any atom is 0.419 e. The van der Waals surface area contributed by atoms with E-state index in [2.05, 4.69) is 0 Å². The summed E-state index contributed by atoms with van der Waals surface area (Å²) in [4.78, 5) is 10.4. The van der Waals surface area contributed by atoms with E-state index < -0.39 is 50.4 Å². The fraction of sp³-hybridized carbons (Fsp3) is 0.500. The Morgan fingerprint density at radius 3 is 2.42 bits per heavy atom. The second-order valence-electron chi connectivity index (χ2n) is 5.68.